The number of benzene rings is 2. The predicted molar refractivity (Wildman–Crippen MR) is 106 cm³/mol. The van der Waals surface area contributed by atoms with Crippen LogP contribution < -0.4 is 25.9 Å². The Balaban J connectivity index is 1.75. The van der Waals surface area contributed by atoms with Gasteiger partial charge in [0.05, 0.1) is 17.4 Å². The molecule has 3 rings (SSSR count). The molecule has 146 valence electrons. The van der Waals surface area contributed by atoms with Crippen molar-refractivity contribution in [3.05, 3.63) is 53.2 Å². The predicted octanol–water partition coefficient (Wildman–Crippen LogP) is 2.20. The van der Waals surface area contributed by atoms with Gasteiger partial charge in [0.2, 0.25) is 0 Å². The molecule has 0 radical (unpaired) electrons. The van der Waals surface area contributed by atoms with Crippen molar-refractivity contribution in [2.24, 2.45) is 5.73 Å². The fourth-order valence-electron chi connectivity index (χ4n) is 2.58. The van der Waals surface area contributed by atoms with E-state index in [0.717, 1.165) is 12.0 Å². The van der Waals surface area contributed by atoms with Crippen molar-refractivity contribution in [1.82, 2.24) is 10.1 Å². The molecule has 4 N–H and O–H groups in total. The van der Waals surface area contributed by atoms with E-state index in [4.69, 9.17) is 10.5 Å². The van der Waals surface area contributed by atoms with Crippen molar-refractivity contribution in [2.75, 3.05) is 23.8 Å². The first-order valence-corrected chi connectivity index (χ1v) is 9.01. The molecule has 0 aliphatic heterocycles. The number of hydrogen-bond donors (Lipinski definition) is 3. The van der Waals surface area contributed by atoms with Crippen molar-refractivity contribution < 1.29 is 14.4 Å². The van der Waals surface area contributed by atoms with Gasteiger partial charge in [-0.05, 0) is 48.0 Å². The van der Waals surface area contributed by atoms with E-state index in [-0.39, 0.29) is 5.95 Å². The number of hydrogen-bond acceptors (Lipinski definition) is 6. The van der Waals surface area contributed by atoms with E-state index in [1.165, 1.54) is 0 Å². The molecule has 9 heteroatoms. The molecule has 0 saturated carbocycles. The van der Waals surface area contributed by atoms with Crippen LogP contribution in [0.1, 0.15) is 18.9 Å². The second kappa shape index (κ2) is 8.96. The maximum Gasteiger partial charge on any atom is 0.326 e. The van der Waals surface area contributed by atoms with Crippen LogP contribution in [0.2, 0.25) is 0 Å². The number of amides is 2. The van der Waals surface area contributed by atoms with Crippen molar-refractivity contribution in [3.63, 3.8) is 0 Å². The maximum atomic E-state index is 12.4. The summed E-state index contributed by atoms with van der Waals surface area (Å²) in [6.07, 6.45) is 1.55. The molecule has 0 spiro atoms. The third kappa shape index (κ3) is 4.63. The molecule has 0 aliphatic rings. The number of nitrogens with zero attached hydrogens (tertiary/aromatic N) is 3. The Morgan fingerprint density at radius 1 is 1.25 bits per heavy atom. The Labute approximate surface area is 162 Å². The molecule has 3 aromatic rings. The van der Waals surface area contributed by atoms with Crippen LogP contribution in [0.5, 0.6) is 5.75 Å². The Morgan fingerprint density at radius 2 is 2.07 bits per heavy atom. The number of carbonyl (C=O) groups excluding carboxylic acids is 1. The molecule has 1 aromatic heterocycles. The number of rotatable bonds is 7. The van der Waals surface area contributed by atoms with Gasteiger partial charge < -0.3 is 21.0 Å². The normalized spacial score (nSPS) is 10.6. The maximum absolute atomic E-state index is 12.4. The SMILES string of the molecule is CCc1ccc(NC(=O)Nc2nc3ccccc3[n+]([O-])n2)c(OCCCN)c1. The van der Waals surface area contributed by atoms with E-state index in [9.17, 15) is 10.0 Å². The van der Waals surface area contributed by atoms with Crippen molar-refractivity contribution in [1.29, 1.82) is 0 Å². The Hall–Kier alpha value is -3.46. The minimum Gasteiger partial charge on any atom is -0.594 e. The molecule has 1 heterocycles. The summed E-state index contributed by atoms with van der Waals surface area (Å²) >= 11 is 0. The number of para-hydroxylation sites is 2. The molecule has 2 aromatic carbocycles. The molecule has 0 fully saturated rings. The van der Waals surface area contributed by atoms with Gasteiger partial charge in [0.1, 0.15) is 11.3 Å². The van der Waals surface area contributed by atoms with Gasteiger partial charge in [0, 0.05) is 6.07 Å². The first kappa shape index (κ1) is 19.3. The minimum atomic E-state index is -0.580. The summed E-state index contributed by atoms with van der Waals surface area (Å²) in [6, 6.07) is 11.7. The van der Waals surface area contributed by atoms with E-state index in [0.29, 0.717) is 46.9 Å². The van der Waals surface area contributed by atoms with E-state index in [1.807, 2.05) is 19.1 Å². The van der Waals surface area contributed by atoms with Gasteiger partial charge in [-0.2, -0.15) is 0 Å². The zero-order chi connectivity index (χ0) is 19.9. The van der Waals surface area contributed by atoms with E-state index in [1.54, 1.807) is 30.3 Å². The molecule has 0 bridgehead atoms. The second-order valence-electron chi connectivity index (χ2n) is 6.05. The topological polar surface area (TPSA) is 129 Å². The molecule has 0 unspecified atom stereocenters. The van der Waals surface area contributed by atoms with Gasteiger partial charge >= 0.3 is 6.03 Å². The summed E-state index contributed by atoms with van der Waals surface area (Å²) in [5.74, 6) is 0.461. The van der Waals surface area contributed by atoms with Crippen LogP contribution in [0.4, 0.5) is 16.4 Å². The largest absolute Gasteiger partial charge is 0.594 e. The third-order valence-electron chi connectivity index (χ3n) is 4.03. The Morgan fingerprint density at radius 3 is 2.86 bits per heavy atom. The van der Waals surface area contributed by atoms with Crippen molar-refractivity contribution in [3.8, 4) is 5.75 Å². The van der Waals surface area contributed by atoms with Crippen molar-refractivity contribution >= 4 is 28.7 Å². The molecule has 28 heavy (non-hydrogen) atoms. The van der Waals surface area contributed by atoms with Crippen LogP contribution in [0.3, 0.4) is 0 Å². The summed E-state index contributed by atoms with van der Waals surface area (Å²) < 4.78 is 5.74. The minimum absolute atomic E-state index is 0.0954. The molecule has 0 aliphatic carbocycles. The zero-order valence-corrected chi connectivity index (χ0v) is 15.5. The summed E-state index contributed by atoms with van der Waals surface area (Å²) in [6.45, 7) is 3.00. The van der Waals surface area contributed by atoms with Crippen LogP contribution in [0, 0.1) is 5.21 Å². The number of nitrogens with one attached hydrogen (secondary N) is 2. The smallest absolute Gasteiger partial charge is 0.326 e. The molecule has 0 atom stereocenters. The quantitative estimate of drug-likeness (QED) is 0.326. The van der Waals surface area contributed by atoms with Gasteiger partial charge in [0.15, 0.2) is 0 Å². The number of anilines is 2. The Kier molecular flexibility index (Phi) is 6.18. The van der Waals surface area contributed by atoms with Crippen LogP contribution in [-0.2, 0) is 6.42 Å². The molecule has 9 nitrogen and oxygen atoms in total. The van der Waals surface area contributed by atoms with Gasteiger partial charge in [0.25, 0.3) is 11.5 Å². The zero-order valence-electron chi connectivity index (χ0n) is 15.5. The number of aryl methyl sites for hydroxylation is 1. The van der Waals surface area contributed by atoms with E-state index >= 15 is 0 Å². The number of ether oxygens (including phenoxy) is 1. The van der Waals surface area contributed by atoms with E-state index < -0.39 is 6.03 Å². The summed E-state index contributed by atoms with van der Waals surface area (Å²) in [4.78, 5) is 17.0. The molecular weight excluding hydrogens is 360 g/mol. The highest BCUT2D eigenvalue weighted by Crippen LogP contribution is 2.26. The second-order valence-corrected chi connectivity index (χ2v) is 6.05. The van der Waals surface area contributed by atoms with Crippen LogP contribution in [0.15, 0.2) is 42.5 Å². The number of aromatic nitrogens is 3. The third-order valence-corrected chi connectivity index (χ3v) is 4.03. The van der Waals surface area contributed by atoms with Gasteiger partial charge in [-0.1, -0.05) is 25.1 Å². The lowest BCUT2D eigenvalue weighted by atomic mass is 10.1. The average molecular weight is 382 g/mol. The van der Waals surface area contributed by atoms with Crippen LogP contribution in [0.25, 0.3) is 11.0 Å². The lowest BCUT2D eigenvalue weighted by molar-refractivity contribution is -0.641. The number of nitrogens with two attached hydrogens (primary N) is 1. The molecular formula is C19H22N6O3. The lowest BCUT2D eigenvalue weighted by Crippen LogP contribution is -2.34. The summed E-state index contributed by atoms with van der Waals surface area (Å²) in [7, 11) is 0. The van der Waals surface area contributed by atoms with E-state index in [2.05, 4.69) is 20.7 Å². The van der Waals surface area contributed by atoms with Crippen LogP contribution in [-0.4, -0.2) is 29.3 Å². The van der Waals surface area contributed by atoms with Crippen molar-refractivity contribution in [2.45, 2.75) is 19.8 Å². The fourth-order valence-corrected chi connectivity index (χ4v) is 2.58. The standard InChI is InChI=1S/C19H22N6O3/c1-2-13-8-9-15(17(12-13)28-11-5-10-20)22-19(26)23-18-21-14-6-3-4-7-16(14)25(27)24-18/h3-4,6-9,12H,2,5,10-11,20H2,1H3,(H2,21,22,23,24,26). The van der Waals surface area contributed by atoms with Crippen LogP contribution >= 0.6 is 0 Å². The highest BCUT2D eigenvalue weighted by atomic mass is 16.5. The molecule has 2 amide bonds. The highest BCUT2D eigenvalue weighted by Gasteiger charge is 2.14. The number of fused-ring (bicyclic) bond motifs is 1. The summed E-state index contributed by atoms with van der Waals surface area (Å²) in [5, 5.41) is 20.9. The van der Waals surface area contributed by atoms with Gasteiger partial charge in [-0.25, -0.2) is 9.78 Å². The lowest BCUT2D eigenvalue weighted by Gasteiger charge is -2.14. The first-order valence-electron chi connectivity index (χ1n) is 9.01. The number of urea groups is 1. The fraction of sp³-hybridized carbons (Fsp3) is 0.263. The first-order chi connectivity index (χ1) is 13.6. The molecule has 0 saturated heterocycles. The monoisotopic (exact) mass is 382 g/mol. The summed E-state index contributed by atoms with van der Waals surface area (Å²) in [5.41, 5.74) is 7.84. The highest BCUT2D eigenvalue weighted by molar-refractivity contribution is 5.99. The average Bonchev–Trinajstić information content (AvgIpc) is 2.69. The van der Waals surface area contributed by atoms with Gasteiger partial charge in [-0.3, -0.25) is 5.32 Å². The Bertz CT molecular complexity index is 979. The van der Waals surface area contributed by atoms with Gasteiger partial charge in [-0.15, -0.1) is 0 Å². The number of carbonyl (C=O) groups is 1.